The number of amides is 1. The van der Waals surface area contributed by atoms with E-state index in [1.807, 2.05) is 25.1 Å². The van der Waals surface area contributed by atoms with Crippen LogP contribution < -0.4 is 10.5 Å². The van der Waals surface area contributed by atoms with E-state index in [1.54, 1.807) is 6.07 Å². The minimum Gasteiger partial charge on any atom is -0.494 e. The molecule has 0 fully saturated rings. The van der Waals surface area contributed by atoms with Gasteiger partial charge in [-0.05, 0) is 37.6 Å². The van der Waals surface area contributed by atoms with Gasteiger partial charge in [0.15, 0.2) is 0 Å². The van der Waals surface area contributed by atoms with Crippen LogP contribution in [0.3, 0.4) is 0 Å². The number of aryl methyl sites for hydroxylation is 1. The van der Waals surface area contributed by atoms with E-state index >= 15 is 0 Å². The Kier molecular flexibility index (Phi) is 4.00. The van der Waals surface area contributed by atoms with Crippen molar-refractivity contribution in [1.82, 2.24) is 4.98 Å². The second-order valence-corrected chi connectivity index (χ2v) is 4.56. The summed E-state index contributed by atoms with van der Waals surface area (Å²) in [7, 11) is 0. The smallest absolute Gasteiger partial charge is 0.249 e. The summed E-state index contributed by atoms with van der Waals surface area (Å²) in [6.45, 7) is 4.63. The van der Waals surface area contributed by atoms with Crippen LogP contribution in [-0.4, -0.2) is 17.5 Å². The van der Waals surface area contributed by atoms with Gasteiger partial charge in [0.1, 0.15) is 5.75 Å². The molecule has 2 rings (SSSR count). The number of benzene rings is 1. The molecule has 4 nitrogen and oxygen atoms in total. The lowest BCUT2D eigenvalue weighted by Gasteiger charge is -2.09. The number of ether oxygens (including phenoxy) is 1. The molecule has 0 spiro atoms. The van der Waals surface area contributed by atoms with Crippen molar-refractivity contribution < 1.29 is 9.53 Å². The summed E-state index contributed by atoms with van der Waals surface area (Å²) in [6.07, 6.45) is 2.09. The molecule has 2 N–H and O–H groups in total. The van der Waals surface area contributed by atoms with Gasteiger partial charge in [-0.25, -0.2) is 0 Å². The SMILES string of the molecule is CCCCOc1ccc2nc(C)cc(C(N)=O)c2c1. The van der Waals surface area contributed by atoms with Gasteiger partial charge in [-0.1, -0.05) is 13.3 Å². The number of hydrogen-bond acceptors (Lipinski definition) is 3. The first kappa shape index (κ1) is 13.3. The summed E-state index contributed by atoms with van der Waals surface area (Å²) in [6, 6.07) is 7.27. The van der Waals surface area contributed by atoms with Gasteiger partial charge >= 0.3 is 0 Å². The van der Waals surface area contributed by atoms with Gasteiger partial charge in [0.2, 0.25) is 5.91 Å². The summed E-state index contributed by atoms with van der Waals surface area (Å²) in [5.74, 6) is 0.301. The van der Waals surface area contributed by atoms with Gasteiger partial charge in [0.05, 0.1) is 17.7 Å². The van der Waals surface area contributed by atoms with Crippen molar-refractivity contribution in [3.63, 3.8) is 0 Å². The van der Waals surface area contributed by atoms with Crippen LogP contribution in [0.25, 0.3) is 10.9 Å². The summed E-state index contributed by atoms with van der Waals surface area (Å²) in [4.78, 5) is 15.9. The fraction of sp³-hybridized carbons (Fsp3) is 0.333. The maximum atomic E-state index is 11.5. The number of carbonyl (C=O) groups excluding carboxylic acids is 1. The Morgan fingerprint density at radius 3 is 2.84 bits per heavy atom. The monoisotopic (exact) mass is 258 g/mol. The number of carbonyl (C=O) groups is 1. The third-order valence-corrected chi connectivity index (χ3v) is 2.94. The maximum absolute atomic E-state index is 11.5. The highest BCUT2D eigenvalue weighted by Gasteiger charge is 2.10. The number of nitrogens with zero attached hydrogens (tertiary/aromatic N) is 1. The topological polar surface area (TPSA) is 65.2 Å². The minimum atomic E-state index is -0.443. The molecule has 0 unspecified atom stereocenters. The summed E-state index contributed by atoms with van der Waals surface area (Å²) in [5.41, 5.74) is 7.44. The van der Waals surface area contributed by atoms with Gasteiger partial charge < -0.3 is 10.5 Å². The number of primary amides is 1. The third-order valence-electron chi connectivity index (χ3n) is 2.94. The van der Waals surface area contributed by atoms with Crippen LogP contribution in [0, 0.1) is 6.92 Å². The molecule has 1 aromatic carbocycles. The van der Waals surface area contributed by atoms with Crippen molar-refractivity contribution in [1.29, 1.82) is 0 Å². The highest BCUT2D eigenvalue weighted by molar-refractivity contribution is 6.05. The number of aromatic nitrogens is 1. The van der Waals surface area contributed by atoms with Crippen molar-refractivity contribution in [2.45, 2.75) is 26.7 Å². The van der Waals surface area contributed by atoms with E-state index in [0.29, 0.717) is 12.2 Å². The molecule has 0 atom stereocenters. The Morgan fingerprint density at radius 1 is 1.37 bits per heavy atom. The average molecular weight is 258 g/mol. The second-order valence-electron chi connectivity index (χ2n) is 4.56. The molecule has 1 amide bonds. The molecule has 0 aliphatic heterocycles. The van der Waals surface area contributed by atoms with Crippen LogP contribution in [0.2, 0.25) is 0 Å². The summed E-state index contributed by atoms with van der Waals surface area (Å²) in [5, 5.41) is 0.743. The highest BCUT2D eigenvalue weighted by Crippen LogP contribution is 2.23. The fourth-order valence-electron chi connectivity index (χ4n) is 1.97. The molecular formula is C15H18N2O2. The Morgan fingerprint density at radius 2 is 2.16 bits per heavy atom. The molecule has 0 saturated heterocycles. The quantitative estimate of drug-likeness (QED) is 0.839. The van der Waals surface area contributed by atoms with Crippen LogP contribution in [-0.2, 0) is 0 Å². The molecule has 0 bridgehead atoms. The van der Waals surface area contributed by atoms with E-state index in [1.165, 1.54) is 0 Å². The van der Waals surface area contributed by atoms with Gasteiger partial charge in [-0.3, -0.25) is 9.78 Å². The standard InChI is InChI=1S/C15H18N2O2/c1-3-4-7-19-11-5-6-14-12(9-11)13(15(16)18)8-10(2)17-14/h5-6,8-9H,3-4,7H2,1-2H3,(H2,16,18). The van der Waals surface area contributed by atoms with Crippen molar-refractivity contribution in [3.8, 4) is 5.75 Å². The first-order chi connectivity index (χ1) is 9.11. The molecule has 0 aliphatic rings. The van der Waals surface area contributed by atoms with Crippen LogP contribution in [0.15, 0.2) is 24.3 Å². The highest BCUT2D eigenvalue weighted by atomic mass is 16.5. The molecule has 0 saturated carbocycles. The summed E-state index contributed by atoms with van der Waals surface area (Å²) < 4.78 is 5.64. The number of fused-ring (bicyclic) bond motifs is 1. The van der Waals surface area contributed by atoms with Gasteiger partial charge in [0, 0.05) is 11.1 Å². The van der Waals surface area contributed by atoms with Crippen molar-refractivity contribution >= 4 is 16.8 Å². The Bertz CT molecular complexity index is 608. The van der Waals surface area contributed by atoms with E-state index in [-0.39, 0.29) is 0 Å². The molecule has 19 heavy (non-hydrogen) atoms. The fourth-order valence-corrected chi connectivity index (χ4v) is 1.97. The Hall–Kier alpha value is -2.10. The Balaban J connectivity index is 2.42. The Labute approximate surface area is 112 Å². The molecule has 0 aliphatic carbocycles. The molecule has 4 heteroatoms. The second kappa shape index (κ2) is 5.69. The molecule has 2 aromatic rings. The number of rotatable bonds is 5. The van der Waals surface area contributed by atoms with Crippen LogP contribution in [0.5, 0.6) is 5.75 Å². The molecular weight excluding hydrogens is 240 g/mol. The molecule has 100 valence electrons. The van der Waals surface area contributed by atoms with Gasteiger partial charge in [-0.2, -0.15) is 0 Å². The zero-order valence-corrected chi connectivity index (χ0v) is 11.3. The first-order valence-electron chi connectivity index (χ1n) is 6.46. The predicted molar refractivity (Wildman–Crippen MR) is 75.4 cm³/mol. The first-order valence-corrected chi connectivity index (χ1v) is 6.46. The minimum absolute atomic E-state index is 0.443. The lowest BCUT2D eigenvalue weighted by Crippen LogP contribution is -2.12. The van der Waals surface area contributed by atoms with E-state index in [4.69, 9.17) is 10.5 Å². The third kappa shape index (κ3) is 3.02. The number of nitrogens with two attached hydrogens (primary N) is 1. The number of pyridine rings is 1. The normalized spacial score (nSPS) is 10.6. The predicted octanol–water partition coefficient (Wildman–Crippen LogP) is 2.82. The van der Waals surface area contributed by atoms with Crippen LogP contribution in [0.4, 0.5) is 0 Å². The zero-order valence-electron chi connectivity index (χ0n) is 11.3. The number of hydrogen-bond donors (Lipinski definition) is 1. The van der Waals surface area contributed by atoms with Crippen LogP contribution >= 0.6 is 0 Å². The van der Waals surface area contributed by atoms with Crippen molar-refractivity contribution in [2.75, 3.05) is 6.61 Å². The molecule has 0 radical (unpaired) electrons. The van der Waals surface area contributed by atoms with E-state index in [2.05, 4.69) is 11.9 Å². The zero-order chi connectivity index (χ0) is 13.8. The van der Waals surface area contributed by atoms with Gasteiger partial charge in [-0.15, -0.1) is 0 Å². The summed E-state index contributed by atoms with van der Waals surface area (Å²) >= 11 is 0. The van der Waals surface area contributed by atoms with E-state index < -0.39 is 5.91 Å². The number of unbranched alkanes of at least 4 members (excludes halogenated alkanes) is 1. The molecule has 1 aromatic heterocycles. The van der Waals surface area contributed by atoms with Gasteiger partial charge in [0.25, 0.3) is 0 Å². The lowest BCUT2D eigenvalue weighted by atomic mass is 10.1. The van der Waals surface area contributed by atoms with Crippen molar-refractivity contribution in [3.05, 3.63) is 35.5 Å². The van der Waals surface area contributed by atoms with Crippen molar-refractivity contribution in [2.24, 2.45) is 5.73 Å². The maximum Gasteiger partial charge on any atom is 0.249 e. The lowest BCUT2D eigenvalue weighted by molar-refractivity contribution is 0.100. The largest absolute Gasteiger partial charge is 0.494 e. The average Bonchev–Trinajstić information content (AvgIpc) is 2.38. The van der Waals surface area contributed by atoms with E-state index in [9.17, 15) is 4.79 Å². The molecule has 1 heterocycles. The van der Waals surface area contributed by atoms with Crippen LogP contribution in [0.1, 0.15) is 35.8 Å². The van der Waals surface area contributed by atoms with E-state index in [0.717, 1.165) is 35.2 Å².